The molecule has 0 unspecified atom stereocenters. The summed E-state index contributed by atoms with van der Waals surface area (Å²) in [6.45, 7) is 0.939. The zero-order chi connectivity index (χ0) is 33.1. The Hall–Kier alpha value is -5.00. The number of ether oxygens (including phenoxy) is 3. The van der Waals surface area contributed by atoms with Gasteiger partial charge in [-0.05, 0) is 77.4 Å². The van der Waals surface area contributed by atoms with Crippen LogP contribution in [0.3, 0.4) is 0 Å². The van der Waals surface area contributed by atoms with Crippen molar-refractivity contribution in [1.29, 1.82) is 0 Å². The van der Waals surface area contributed by atoms with Crippen molar-refractivity contribution in [1.82, 2.24) is 15.0 Å². The maximum absolute atomic E-state index is 15.0. The third-order valence-corrected chi connectivity index (χ3v) is 9.07. The van der Waals surface area contributed by atoms with Gasteiger partial charge < -0.3 is 28.7 Å². The lowest BCUT2D eigenvalue weighted by Gasteiger charge is -2.33. The predicted molar refractivity (Wildman–Crippen MR) is 182 cm³/mol. The Morgan fingerprint density at radius 1 is 0.938 bits per heavy atom. The van der Waals surface area contributed by atoms with Crippen LogP contribution in [0.15, 0.2) is 111 Å². The van der Waals surface area contributed by atoms with Gasteiger partial charge in [0.25, 0.3) is 11.8 Å². The van der Waals surface area contributed by atoms with Gasteiger partial charge in [0.05, 0.1) is 20.3 Å². The fraction of sp³-hybridized carbons (Fsp3) is 0.243. The van der Waals surface area contributed by atoms with Gasteiger partial charge in [0, 0.05) is 41.6 Å². The lowest BCUT2D eigenvalue weighted by atomic mass is 9.82. The van der Waals surface area contributed by atoms with Crippen LogP contribution in [0.1, 0.15) is 40.6 Å². The highest BCUT2D eigenvalue weighted by Gasteiger charge is 2.56. The molecule has 3 heterocycles. The lowest BCUT2D eigenvalue weighted by molar-refractivity contribution is -0.140. The van der Waals surface area contributed by atoms with Gasteiger partial charge in [-0.2, -0.15) is 4.98 Å². The van der Waals surface area contributed by atoms with E-state index in [4.69, 9.17) is 28.8 Å². The molecule has 0 saturated heterocycles. The van der Waals surface area contributed by atoms with Crippen molar-refractivity contribution in [2.24, 2.45) is 4.99 Å². The van der Waals surface area contributed by atoms with Crippen LogP contribution >= 0.6 is 15.9 Å². The molecule has 0 aliphatic carbocycles. The fourth-order valence-corrected chi connectivity index (χ4v) is 6.36. The van der Waals surface area contributed by atoms with E-state index in [0.29, 0.717) is 49.4 Å². The average molecular weight is 710 g/mol. The molecular formula is C37H33BrN4O6. The quantitative estimate of drug-likeness (QED) is 0.168. The number of aliphatic hydroxyl groups is 1. The average Bonchev–Trinajstić information content (AvgIpc) is 3.72. The van der Waals surface area contributed by atoms with Crippen LogP contribution in [0.4, 0.5) is 0 Å². The van der Waals surface area contributed by atoms with Gasteiger partial charge >= 0.3 is 0 Å². The van der Waals surface area contributed by atoms with E-state index in [1.54, 1.807) is 12.0 Å². The van der Waals surface area contributed by atoms with Crippen molar-refractivity contribution in [2.45, 2.75) is 37.6 Å². The first-order chi connectivity index (χ1) is 23.5. The zero-order valence-corrected chi connectivity index (χ0v) is 27.8. The summed E-state index contributed by atoms with van der Waals surface area (Å²) in [5, 5.41) is 13.3. The van der Waals surface area contributed by atoms with E-state index in [-0.39, 0.29) is 19.1 Å². The first-order valence-electron chi connectivity index (χ1n) is 15.6. The Labute approximate surface area is 286 Å². The van der Waals surface area contributed by atoms with Crippen LogP contribution in [0, 0.1) is 0 Å². The monoisotopic (exact) mass is 708 g/mol. The molecule has 2 atom stereocenters. The van der Waals surface area contributed by atoms with E-state index >= 15 is 4.79 Å². The van der Waals surface area contributed by atoms with E-state index in [2.05, 4.69) is 32.1 Å². The summed E-state index contributed by atoms with van der Waals surface area (Å²) in [7, 11) is 1.61. The summed E-state index contributed by atoms with van der Waals surface area (Å²) in [4.78, 5) is 26.6. The van der Waals surface area contributed by atoms with Crippen LogP contribution in [0.25, 0.3) is 11.5 Å². The number of carbonyl (C=O) groups excluding carboxylic acids is 1. The summed E-state index contributed by atoms with van der Waals surface area (Å²) in [5.41, 5.74) is 3.02. The molecule has 10 nitrogen and oxygen atoms in total. The van der Waals surface area contributed by atoms with E-state index in [1.807, 2.05) is 91.0 Å². The van der Waals surface area contributed by atoms with Gasteiger partial charge in [-0.25, -0.2) is 4.99 Å². The molecule has 1 spiro atoms. The number of hydrogen-bond acceptors (Lipinski definition) is 9. The largest absolute Gasteiger partial charge is 0.497 e. The third kappa shape index (κ3) is 6.31. The number of benzene rings is 4. The lowest BCUT2D eigenvalue weighted by Crippen LogP contribution is -2.49. The topological polar surface area (TPSA) is 120 Å². The molecule has 1 amide bonds. The van der Waals surface area contributed by atoms with Crippen molar-refractivity contribution in [3.8, 4) is 23.0 Å². The van der Waals surface area contributed by atoms with Gasteiger partial charge in [0.15, 0.2) is 17.5 Å². The van der Waals surface area contributed by atoms with Crippen LogP contribution in [0.2, 0.25) is 0 Å². The number of aliphatic imine (C=N–C) groups is 1. The number of amides is 1. The highest BCUT2D eigenvalue weighted by atomic mass is 79.9. The van der Waals surface area contributed by atoms with Gasteiger partial charge in [-0.1, -0.05) is 57.5 Å². The molecule has 0 radical (unpaired) electrons. The molecule has 244 valence electrons. The Morgan fingerprint density at radius 3 is 2.38 bits per heavy atom. The summed E-state index contributed by atoms with van der Waals surface area (Å²) >= 11 is 3.54. The fourth-order valence-electron chi connectivity index (χ4n) is 6.10. The summed E-state index contributed by atoms with van der Waals surface area (Å²) in [6.07, 6.45) is 0.179. The van der Waals surface area contributed by atoms with Crippen molar-refractivity contribution < 1.29 is 28.6 Å². The highest BCUT2D eigenvalue weighted by molar-refractivity contribution is 9.10. The van der Waals surface area contributed by atoms with E-state index < -0.39 is 11.6 Å². The molecule has 0 bridgehead atoms. The van der Waals surface area contributed by atoms with Crippen molar-refractivity contribution in [2.75, 3.05) is 20.3 Å². The second-order valence-electron chi connectivity index (χ2n) is 11.7. The summed E-state index contributed by atoms with van der Waals surface area (Å²) in [6, 6.07) is 30.6. The molecule has 1 N–H and O–H groups in total. The molecule has 7 rings (SSSR count). The summed E-state index contributed by atoms with van der Waals surface area (Å²) in [5.74, 6) is 2.30. The van der Waals surface area contributed by atoms with E-state index in [1.165, 1.54) is 0 Å². The van der Waals surface area contributed by atoms with Crippen LogP contribution < -0.4 is 9.47 Å². The number of hydrogen-bond donors (Lipinski definition) is 1. The van der Waals surface area contributed by atoms with Crippen molar-refractivity contribution >= 4 is 27.7 Å². The van der Waals surface area contributed by atoms with Gasteiger partial charge in [0.2, 0.25) is 5.90 Å². The summed E-state index contributed by atoms with van der Waals surface area (Å²) < 4.78 is 24.2. The maximum Gasteiger partial charge on any atom is 0.257 e. The molecular weight excluding hydrogens is 676 g/mol. The Morgan fingerprint density at radius 2 is 1.65 bits per heavy atom. The minimum absolute atomic E-state index is 0.0625. The SMILES string of the molecule is COc1ccc(-c2nc(CN3Cc4ccccc4C[C@@]4(N=C(c5ccc(OCCCO)cc5)O[C@H]4c4ccc(Br)cc4)C3=O)no2)cc1. The number of aromatic nitrogens is 2. The van der Waals surface area contributed by atoms with Crippen LogP contribution in [0.5, 0.6) is 11.5 Å². The van der Waals surface area contributed by atoms with Gasteiger partial charge in [-0.15, -0.1) is 0 Å². The minimum atomic E-state index is -1.31. The third-order valence-electron chi connectivity index (χ3n) is 8.54. The molecule has 2 aliphatic rings. The number of methoxy groups -OCH3 is 1. The maximum atomic E-state index is 15.0. The Balaban J connectivity index is 1.27. The highest BCUT2D eigenvalue weighted by Crippen LogP contribution is 2.46. The first-order valence-corrected chi connectivity index (χ1v) is 16.4. The zero-order valence-electron chi connectivity index (χ0n) is 26.2. The predicted octanol–water partition coefficient (Wildman–Crippen LogP) is 6.31. The van der Waals surface area contributed by atoms with Crippen molar-refractivity contribution in [3.63, 3.8) is 0 Å². The standard InChI is InChI=1S/C37H33BrN4O6/c1-45-30-15-9-25(10-16-30)34-39-32(41-48-34)23-42-22-28-6-3-2-5-27(28)21-37(36(42)44)33(24-7-13-29(38)14-8-24)47-35(40-37)26-11-17-31(18-12-26)46-20-4-19-43/h2-3,5-18,33,43H,4,19-23H2,1H3/t33-,37-/m0/s1. The molecule has 0 saturated carbocycles. The van der Waals surface area contributed by atoms with E-state index in [0.717, 1.165) is 38.0 Å². The molecule has 0 fully saturated rings. The number of carbonyl (C=O) groups is 1. The van der Waals surface area contributed by atoms with E-state index in [9.17, 15) is 0 Å². The number of nitrogens with zero attached hydrogens (tertiary/aromatic N) is 4. The number of aliphatic hydroxyl groups excluding tert-OH is 1. The molecule has 4 aromatic carbocycles. The molecule has 2 aliphatic heterocycles. The second-order valence-corrected chi connectivity index (χ2v) is 12.6. The minimum Gasteiger partial charge on any atom is -0.497 e. The van der Waals surface area contributed by atoms with Crippen LogP contribution in [-0.2, 0) is 29.0 Å². The Bertz CT molecular complexity index is 1930. The normalized spacial score (nSPS) is 18.6. The molecule has 5 aromatic rings. The number of fused-ring (bicyclic) bond motifs is 1. The van der Waals surface area contributed by atoms with Crippen molar-refractivity contribution in [3.05, 3.63) is 130 Å². The molecule has 11 heteroatoms. The Kier molecular flexibility index (Phi) is 8.96. The second kappa shape index (κ2) is 13.6. The molecule has 1 aromatic heterocycles. The number of halogens is 1. The van der Waals surface area contributed by atoms with Gasteiger partial charge in [-0.3, -0.25) is 4.79 Å². The van der Waals surface area contributed by atoms with Crippen LogP contribution in [-0.4, -0.2) is 57.8 Å². The first kappa shape index (κ1) is 31.6. The molecule has 48 heavy (non-hydrogen) atoms. The number of rotatable bonds is 10. The smallest absolute Gasteiger partial charge is 0.257 e. The van der Waals surface area contributed by atoms with Gasteiger partial charge in [0.1, 0.15) is 11.5 Å².